The number of H-pyrrole nitrogens is 1. The summed E-state index contributed by atoms with van der Waals surface area (Å²) in [7, 11) is 0. The van der Waals surface area contributed by atoms with Gasteiger partial charge in [0.25, 0.3) is 5.91 Å². The molecule has 0 spiro atoms. The fourth-order valence-electron chi connectivity index (χ4n) is 4.38. The third-order valence-electron chi connectivity index (χ3n) is 5.70. The second-order valence-electron chi connectivity index (χ2n) is 7.31. The van der Waals surface area contributed by atoms with Gasteiger partial charge < -0.3 is 10.1 Å². The zero-order valence-electron chi connectivity index (χ0n) is 14.9. The van der Waals surface area contributed by atoms with Crippen molar-refractivity contribution in [2.45, 2.75) is 57.3 Å². The summed E-state index contributed by atoms with van der Waals surface area (Å²) < 4.78 is 5.77. The van der Waals surface area contributed by atoms with Gasteiger partial charge in [-0.3, -0.25) is 14.8 Å². The number of benzene rings is 1. The second-order valence-corrected chi connectivity index (χ2v) is 7.31. The first-order valence-corrected chi connectivity index (χ1v) is 9.26. The summed E-state index contributed by atoms with van der Waals surface area (Å²) in [5.74, 6) is -0.0848. The van der Waals surface area contributed by atoms with Gasteiger partial charge in [-0.1, -0.05) is 25.1 Å². The van der Waals surface area contributed by atoms with Crippen molar-refractivity contribution in [3.05, 3.63) is 30.0 Å². The molecule has 2 bridgehead atoms. The van der Waals surface area contributed by atoms with E-state index in [1.54, 1.807) is 0 Å². The molecule has 1 aromatic heterocycles. The number of ether oxygens (including phenoxy) is 1. The van der Waals surface area contributed by atoms with Crippen LogP contribution in [0.2, 0.25) is 0 Å². The quantitative estimate of drug-likeness (QED) is 0.895. The maximum atomic E-state index is 12.7. The van der Waals surface area contributed by atoms with Gasteiger partial charge in [0, 0.05) is 29.6 Å². The normalized spacial score (nSPS) is 28.0. The number of aromatic nitrogens is 2. The predicted molar refractivity (Wildman–Crippen MR) is 96.6 cm³/mol. The lowest BCUT2D eigenvalue weighted by atomic mass is 9.88. The molecule has 2 aromatic rings. The lowest BCUT2D eigenvalue weighted by Crippen LogP contribution is -2.63. The summed E-state index contributed by atoms with van der Waals surface area (Å²) in [5.41, 5.74) is 1.38. The van der Waals surface area contributed by atoms with Crippen LogP contribution in [0.4, 0.5) is 0 Å². The molecule has 6 nitrogen and oxygen atoms in total. The standard InChI is InChI=1S/C19H26N4O2/c1-3-12(2)23-14-8-13(9-15(23)11-25-10-14)20-19(24)18-16-6-4-5-7-17(16)21-22-18/h4-7,12-15H,3,8-11H2,1-2H3,(H,20,24)(H,21,22)/t12?,13-,14-,15+. The highest BCUT2D eigenvalue weighted by Crippen LogP contribution is 2.30. The van der Waals surface area contributed by atoms with Crippen molar-refractivity contribution in [3.8, 4) is 0 Å². The Morgan fingerprint density at radius 1 is 1.36 bits per heavy atom. The summed E-state index contributed by atoms with van der Waals surface area (Å²) in [6, 6.07) is 9.27. The first-order valence-electron chi connectivity index (χ1n) is 9.26. The number of nitrogens with zero attached hydrogens (tertiary/aromatic N) is 2. The number of hydrogen-bond donors (Lipinski definition) is 2. The van der Waals surface area contributed by atoms with Crippen LogP contribution in [-0.4, -0.2) is 58.4 Å². The van der Waals surface area contributed by atoms with Gasteiger partial charge in [-0.2, -0.15) is 5.10 Å². The molecule has 0 radical (unpaired) electrons. The van der Waals surface area contributed by atoms with Crippen LogP contribution in [0.25, 0.3) is 10.9 Å². The number of amides is 1. The van der Waals surface area contributed by atoms with Gasteiger partial charge >= 0.3 is 0 Å². The minimum atomic E-state index is -0.0848. The van der Waals surface area contributed by atoms with Crippen molar-refractivity contribution in [1.29, 1.82) is 0 Å². The molecule has 2 N–H and O–H groups in total. The van der Waals surface area contributed by atoms with E-state index in [2.05, 4.69) is 34.3 Å². The number of fused-ring (bicyclic) bond motifs is 3. The van der Waals surface area contributed by atoms with Crippen molar-refractivity contribution >= 4 is 16.8 Å². The maximum Gasteiger partial charge on any atom is 0.272 e. The summed E-state index contributed by atoms with van der Waals surface area (Å²) in [5, 5.41) is 11.2. The van der Waals surface area contributed by atoms with Crippen molar-refractivity contribution in [2.75, 3.05) is 13.2 Å². The largest absolute Gasteiger partial charge is 0.378 e. The zero-order valence-corrected chi connectivity index (χ0v) is 14.9. The number of rotatable bonds is 4. The SMILES string of the molecule is CCC(C)N1[C@@H]2COC[C@H]1C[C@@H](NC(=O)c1n[nH]c3ccccc13)C2. The lowest BCUT2D eigenvalue weighted by molar-refractivity contribution is -0.0970. The predicted octanol–water partition coefficient (Wildman–Crippen LogP) is 2.32. The summed E-state index contributed by atoms with van der Waals surface area (Å²) in [6.07, 6.45) is 3.02. The highest BCUT2D eigenvalue weighted by Gasteiger charge is 2.41. The van der Waals surface area contributed by atoms with Crippen LogP contribution in [0, 0.1) is 0 Å². The maximum absolute atomic E-state index is 12.7. The Morgan fingerprint density at radius 2 is 2.08 bits per heavy atom. The van der Waals surface area contributed by atoms with Crippen molar-refractivity contribution in [2.24, 2.45) is 0 Å². The molecule has 4 rings (SSSR count). The number of piperidine rings is 1. The Hall–Kier alpha value is -1.92. The molecule has 0 aliphatic carbocycles. The number of morpholine rings is 1. The highest BCUT2D eigenvalue weighted by molar-refractivity contribution is 6.04. The minimum Gasteiger partial charge on any atom is -0.378 e. The van der Waals surface area contributed by atoms with Crippen molar-refractivity contribution in [1.82, 2.24) is 20.4 Å². The highest BCUT2D eigenvalue weighted by atomic mass is 16.5. The van der Waals surface area contributed by atoms with Crippen LogP contribution >= 0.6 is 0 Å². The molecule has 2 aliphatic heterocycles. The molecular weight excluding hydrogens is 316 g/mol. The number of para-hydroxylation sites is 1. The fraction of sp³-hybridized carbons (Fsp3) is 0.579. The average molecular weight is 342 g/mol. The summed E-state index contributed by atoms with van der Waals surface area (Å²) >= 11 is 0. The number of hydrogen-bond acceptors (Lipinski definition) is 4. The Labute approximate surface area is 147 Å². The van der Waals surface area contributed by atoms with E-state index in [9.17, 15) is 4.79 Å². The Morgan fingerprint density at radius 3 is 2.80 bits per heavy atom. The molecule has 2 saturated heterocycles. The van der Waals surface area contributed by atoms with E-state index < -0.39 is 0 Å². The first-order chi connectivity index (χ1) is 12.2. The minimum absolute atomic E-state index is 0.0848. The van der Waals surface area contributed by atoms with Gasteiger partial charge in [0.2, 0.25) is 0 Å². The third kappa shape index (κ3) is 3.04. The topological polar surface area (TPSA) is 70.2 Å². The molecule has 2 fully saturated rings. The van der Waals surface area contributed by atoms with E-state index in [0.29, 0.717) is 23.8 Å². The van der Waals surface area contributed by atoms with Crippen LogP contribution in [-0.2, 0) is 4.74 Å². The Balaban J connectivity index is 1.48. The number of aromatic amines is 1. The lowest BCUT2D eigenvalue weighted by Gasteiger charge is -2.51. The molecule has 1 amide bonds. The van der Waals surface area contributed by atoms with Crippen LogP contribution in [0.5, 0.6) is 0 Å². The van der Waals surface area contributed by atoms with Gasteiger partial charge in [0.15, 0.2) is 5.69 Å². The molecule has 134 valence electrons. The van der Waals surface area contributed by atoms with Crippen LogP contribution in [0.15, 0.2) is 24.3 Å². The van der Waals surface area contributed by atoms with Crippen LogP contribution < -0.4 is 5.32 Å². The number of carbonyl (C=O) groups is 1. The van der Waals surface area contributed by atoms with E-state index in [0.717, 1.165) is 43.4 Å². The monoisotopic (exact) mass is 342 g/mol. The van der Waals surface area contributed by atoms with E-state index in [-0.39, 0.29) is 11.9 Å². The number of nitrogens with one attached hydrogen (secondary N) is 2. The van der Waals surface area contributed by atoms with Crippen molar-refractivity contribution < 1.29 is 9.53 Å². The van der Waals surface area contributed by atoms with Crippen LogP contribution in [0.3, 0.4) is 0 Å². The molecule has 2 aliphatic rings. The number of carbonyl (C=O) groups excluding carboxylic acids is 1. The molecule has 0 saturated carbocycles. The summed E-state index contributed by atoms with van der Waals surface area (Å²) in [6.45, 7) is 6.05. The summed E-state index contributed by atoms with van der Waals surface area (Å²) in [4.78, 5) is 15.3. The molecule has 1 unspecified atom stereocenters. The van der Waals surface area contributed by atoms with Gasteiger partial charge in [-0.25, -0.2) is 0 Å². The molecular formula is C19H26N4O2. The molecule has 4 atom stereocenters. The fourth-order valence-corrected chi connectivity index (χ4v) is 4.38. The van der Waals surface area contributed by atoms with Gasteiger partial charge in [-0.05, 0) is 32.3 Å². The van der Waals surface area contributed by atoms with Gasteiger partial charge in [-0.15, -0.1) is 0 Å². The van der Waals surface area contributed by atoms with Gasteiger partial charge in [0.1, 0.15) is 0 Å². The molecule has 6 heteroatoms. The molecule has 3 heterocycles. The average Bonchev–Trinajstić information content (AvgIpc) is 3.04. The first kappa shape index (κ1) is 16.5. The van der Waals surface area contributed by atoms with E-state index in [1.165, 1.54) is 0 Å². The molecule has 25 heavy (non-hydrogen) atoms. The van der Waals surface area contributed by atoms with E-state index >= 15 is 0 Å². The Bertz CT molecular complexity index is 745. The Kier molecular flexibility index (Phi) is 4.48. The van der Waals surface area contributed by atoms with E-state index in [4.69, 9.17) is 4.74 Å². The zero-order chi connectivity index (χ0) is 17.4. The third-order valence-corrected chi connectivity index (χ3v) is 5.70. The van der Waals surface area contributed by atoms with E-state index in [1.807, 2.05) is 24.3 Å². The van der Waals surface area contributed by atoms with Crippen LogP contribution in [0.1, 0.15) is 43.6 Å². The van der Waals surface area contributed by atoms with Gasteiger partial charge in [0.05, 0.1) is 18.7 Å². The smallest absolute Gasteiger partial charge is 0.272 e. The second kappa shape index (κ2) is 6.77. The molecule has 1 aromatic carbocycles. The van der Waals surface area contributed by atoms with Crippen molar-refractivity contribution in [3.63, 3.8) is 0 Å².